The minimum Gasteiger partial charge on any atom is -0.366 e. The molecule has 0 aliphatic carbocycles. The van der Waals surface area contributed by atoms with Gasteiger partial charge in [-0.2, -0.15) is 4.58 Å². The molecule has 0 spiro atoms. The minimum absolute atomic E-state index is 0.619. The Morgan fingerprint density at radius 2 is 1.73 bits per heavy atom. The van der Waals surface area contributed by atoms with Crippen molar-refractivity contribution in [1.82, 2.24) is 0 Å². The van der Waals surface area contributed by atoms with Crippen LogP contribution < -0.4 is 0 Å². The van der Waals surface area contributed by atoms with Crippen LogP contribution in [0.4, 0.5) is 0 Å². The van der Waals surface area contributed by atoms with Gasteiger partial charge in [-0.1, -0.05) is 6.92 Å². The van der Waals surface area contributed by atoms with Crippen LogP contribution in [0.15, 0.2) is 0 Å². The summed E-state index contributed by atoms with van der Waals surface area (Å²) in [6.07, 6.45) is 0.636. The molecule has 0 heterocycles. The molecule has 0 bridgehead atoms. The first kappa shape index (κ1) is 11.0. The lowest BCUT2D eigenvalue weighted by molar-refractivity contribution is -0.322. The number of hydrogen-bond acceptors (Lipinski definition) is 5. The molecule has 0 saturated carbocycles. The van der Waals surface area contributed by atoms with Crippen LogP contribution in [0.5, 0.6) is 0 Å². The van der Waals surface area contributed by atoms with Gasteiger partial charge in [-0.15, -0.1) is 0 Å². The summed E-state index contributed by atoms with van der Waals surface area (Å²) in [7, 11) is -4.51. The molecule has 6 heteroatoms. The van der Waals surface area contributed by atoms with Gasteiger partial charge in [0.25, 0.3) is 0 Å². The highest BCUT2D eigenvalue weighted by atomic mass is 28.4. The van der Waals surface area contributed by atoms with Crippen molar-refractivity contribution in [1.29, 1.82) is 0 Å². The Morgan fingerprint density at radius 3 is 2.00 bits per heavy atom. The second-order valence-corrected chi connectivity index (χ2v) is 4.17. The van der Waals surface area contributed by atoms with Gasteiger partial charge in [-0.05, 0) is 20.3 Å². The Balaban J connectivity index is 3.70. The van der Waals surface area contributed by atoms with Crippen molar-refractivity contribution in [2.75, 3.05) is 0 Å². The SMILES string of the molecule is CCC(C)(C)OO[Si](O)(O)O. The van der Waals surface area contributed by atoms with Crippen LogP contribution in [0.1, 0.15) is 27.2 Å². The molecule has 11 heavy (non-hydrogen) atoms. The van der Waals surface area contributed by atoms with Crippen molar-refractivity contribution in [2.45, 2.75) is 32.8 Å². The molecule has 0 rings (SSSR count). The Hall–Kier alpha value is 0.0169. The summed E-state index contributed by atoms with van der Waals surface area (Å²) < 4.78 is 3.99. The van der Waals surface area contributed by atoms with Crippen molar-refractivity contribution < 1.29 is 23.9 Å². The summed E-state index contributed by atoms with van der Waals surface area (Å²) >= 11 is 0. The average Bonchev–Trinajstić information content (AvgIpc) is 1.83. The molecular formula is C5H14O5Si. The van der Waals surface area contributed by atoms with Crippen LogP contribution in [0, 0.1) is 0 Å². The largest absolute Gasteiger partial charge is 0.699 e. The van der Waals surface area contributed by atoms with Gasteiger partial charge in [0.15, 0.2) is 0 Å². The monoisotopic (exact) mass is 182 g/mol. The lowest BCUT2D eigenvalue weighted by Gasteiger charge is -2.22. The highest BCUT2D eigenvalue weighted by Gasteiger charge is 2.35. The maximum atomic E-state index is 8.38. The first-order chi connectivity index (χ1) is 4.77. The van der Waals surface area contributed by atoms with E-state index in [1.165, 1.54) is 0 Å². The summed E-state index contributed by atoms with van der Waals surface area (Å²) in [6.45, 7) is 5.25. The van der Waals surface area contributed by atoms with Crippen molar-refractivity contribution in [2.24, 2.45) is 0 Å². The van der Waals surface area contributed by atoms with E-state index in [0.29, 0.717) is 6.42 Å². The molecular weight excluding hydrogens is 168 g/mol. The molecule has 68 valence electrons. The van der Waals surface area contributed by atoms with Crippen molar-refractivity contribution in [3.63, 3.8) is 0 Å². The van der Waals surface area contributed by atoms with Gasteiger partial charge >= 0.3 is 9.05 Å². The maximum absolute atomic E-state index is 8.38. The van der Waals surface area contributed by atoms with Gasteiger partial charge < -0.3 is 14.4 Å². The van der Waals surface area contributed by atoms with Crippen molar-refractivity contribution >= 4 is 9.05 Å². The second-order valence-electron chi connectivity index (χ2n) is 2.85. The molecule has 3 N–H and O–H groups in total. The molecule has 0 saturated heterocycles. The fourth-order valence-electron chi connectivity index (χ4n) is 0.228. The predicted molar refractivity (Wildman–Crippen MR) is 39.0 cm³/mol. The maximum Gasteiger partial charge on any atom is 0.699 e. The zero-order chi connectivity index (χ0) is 9.12. The van der Waals surface area contributed by atoms with Gasteiger partial charge in [-0.25, -0.2) is 4.89 Å². The van der Waals surface area contributed by atoms with Crippen LogP contribution in [-0.2, 0) is 9.46 Å². The van der Waals surface area contributed by atoms with Crippen LogP contribution in [0.2, 0.25) is 0 Å². The molecule has 0 aliphatic heterocycles. The predicted octanol–water partition coefficient (Wildman–Crippen LogP) is -0.464. The standard InChI is InChI=1S/C5H14O5Si/c1-4-5(2,3)9-10-11(6,7)8/h6-8H,4H2,1-3H3. The van der Waals surface area contributed by atoms with E-state index in [9.17, 15) is 0 Å². The lowest BCUT2D eigenvalue weighted by Crippen LogP contribution is -2.42. The van der Waals surface area contributed by atoms with Gasteiger partial charge in [0.05, 0.1) is 5.60 Å². The van der Waals surface area contributed by atoms with Crippen LogP contribution >= 0.6 is 0 Å². The van der Waals surface area contributed by atoms with Gasteiger partial charge in [-0.3, -0.25) is 0 Å². The molecule has 0 atom stereocenters. The highest BCUT2D eigenvalue weighted by molar-refractivity contribution is 6.48. The Morgan fingerprint density at radius 1 is 1.27 bits per heavy atom. The molecule has 0 aromatic rings. The van der Waals surface area contributed by atoms with E-state index >= 15 is 0 Å². The third kappa shape index (κ3) is 6.42. The van der Waals surface area contributed by atoms with E-state index in [1.54, 1.807) is 13.8 Å². The fourth-order valence-corrected chi connectivity index (χ4v) is 0.565. The Labute approximate surface area is 66.6 Å². The van der Waals surface area contributed by atoms with E-state index in [1.807, 2.05) is 6.92 Å². The summed E-state index contributed by atoms with van der Waals surface area (Å²) in [5.74, 6) is 0. The van der Waals surface area contributed by atoms with E-state index < -0.39 is 14.6 Å². The van der Waals surface area contributed by atoms with Crippen LogP contribution in [0.3, 0.4) is 0 Å². The first-order valence-electron chi connectivity index (χ1n) is 3.31. The second kappa shape index (κ2) is 3.61. The van der Waals surface area contributed by atoms with Crippen LogP contribution in [0.25, 0.3) is 0 Å². The first-order valence-corrected chi connectivity index (χ1v) is 5.06. The molecule has 0 fully saturated rings. The molecule has 0 aromatic carbocycles. The summed E-state index contributed by atoms with van der Waals surface area (Å²) in [6, 6.07) is 0. The molecule has 0 radical (unpaired) electrons. The van der Waals surface area contributed by atoms with Crippen LogP contribution in [-0.4, -0.2) is 29.0 Å². The third-order valence-corrected chi connectivity index (χ3v) is 1.54. The van der Waals surface area contributed by atoms with Crippen molar-refractivity contribution in [3.8, 4) is 0 Å². The topological polar surface area (TPSA) is 79.2 Å². The number of rotatable bonds is 4. The summed E-state index contributed by atoms with van der Waals surface area (Å²) in [5.41, 5.74) is -0.619. The zero-order valence-electron chi connectivity index (χ0n) is 6.87. The molecule has 0 unspecified atom stereocenters. The van der Waals surface area contributed by atoms with Gasteiger partial charge in [0, 0.05) is 0 Å². The van der Waals surface area contributed by atoms with E-state index in [0.717, 1.165) is 0 Å². The smallest absolute Gasteiger partial charge is 0.366 e. The minimum atomic E-state index is -4.51. The lowest BCUT2D eigenvalue weighted by atomic mass is 10.1. The van der Waals surface area contributed by atoms with E-state index in [-0.39, 0.29) is 0 Å². The zero-order valence-corrected chi connectivity index (χ0v) is 7.87. The highest BCUT2D eigenvalue weighted by Crippen LogP contribution is 2.14. The van der Waals surface area contributed by atoms with E-state index in [2.05, 4.69) is 9.46 Å². The Kier molecular flexibility index (Phi) is 3.62. The quantitative estimate of drug-likeness (QED) is 0.311. The van der Waals surface area contributed by atoms with Crippen molar-refractivity contribution in [3.05, 3.63) is 0 Å². The van der Waals surface area contributed by atoms with Gasteiger partial charge in [0.2, 0.25) is 0 Å². The molecule has 0 aliphatic rings. The average molecular weight is 182 g/mol. The Bertz CT molecular complexity index is 119. The summed E-state index contributed by atoms with van der Waals surface area (Å²) in [4.78, 5) is 29.7. The number of hydrogen-bond donors (Lipinski definition) is 3. The molecule has 0 amide bonds. The fraction of sp³-hybridized carbons (Fsp3) is 1.00. The third-order valence-electron chi connectivity index (χ3n) is 1.23. The summed E-state index contributed by atoms with van der Waals surface area (Å²) in [5, 5.41) is 0. The van der Waals surface area contributed by atoms with E-state index in [4.69, 9.17) is 14.4 Å². The molecule has 5 nitrogen and oxygen atoms in total. The van der Waals surface area contributed by atoms with Gasteiger partial charge in [0.1, 0.15) is 0 Å². The normalized spacial score (nSPS) is 13.6. The molecule has 0 aromatic heterocycles.